The van der Waals surface area contributed by atoms with E-state index in [-0.39, 0.29) is 17.5 Å². The van der Waals surface area contributed by atoms with Gasteiger partial charge in [-0.1, -0.05) is 0 Å². The maximum atomic E-state index is 13.7. The van der Waals surface area contributed by atoms with Crippen molar-refractivity contribution in [3.05, 3.63) is 24.0 Å². The number of ether oxygens (including phenoxy) is 1. The van der Waals surface area contributed by atoms with Gasteiger partial charge in [0.05, 0.1) is 4.90 Å². The van der Waals surface area contributed by atoms with Crippen LogP contribution in [0.5, 0.6) is 5.75 Å². The summed E-state index contributed by atoms with van der Waals surface area (Å²) in [4.78, 5) is -0.282. The van der Waals surface area contributed by atoms with Crippen molar-refractivity contribution in [2.75, 3.05) is 19.6 Å². The molecule has 1 heterocycles. The van der Waals surface area contributed by atoms with Gasteiger partial charge in [0, 0.05) is 25.7 Å². The van der Waals surface area contributed by atoms with E-state index < -0.39 is 28.2 Å². The van der Waals surface area contributed by atoms with Crippen LogP contribution in [0.15, 0.2) is 23.1 Å². The lowest BCUT2D eigenvalue weighted by Gasteiger charge is -2.32. The van der Waals surface area contributed by atoms with E-state index >= 15 is 0 Å². The highest BCUT2D eigenvalue weighted by atomic mass is 32.2. The molecule has 9 heteroatoms. The third-order valence-electron chi connectivity index (χ3n) is 3.17. The van der Waals surface area contributed by atoms with Crippen LogP contribution in [-0.2, 0) is 10.0 Å². The Bertz CT molecular complexity index is 610. The van der Waals surface area contributed by atoms with E-state index in [4.69, 9.17) is 0 Å². The lowest BCUT2D eigenvalue weighted by Crippen LogP contribution is -2.52. The first kappa shape index (κ1) is 16.1. The number of hydrogen-bond acceptors (Lipinski definition) is 4. The molecule has 1 aliphatic heterocycles. The summed E-state index contributed by atoms with van der Waals surface area (Å²) in [6, 6.07) is 2.37. The molecule has 0 spiro atoms. The van der Waals surface area contributed by atoms with Crippen molar-refractivity contribution in [2.45, 2.75) is 24.5 Å². The summed E-state index contributed by atoms with van der Waals surface area (Å²) in [7, 11) is -3.87. The van der Waals surface area contributed by atoms with Crippen molar-refractivity contribution < 1.29 is 26.3 Å². The van der Waals surface area contributed by atoms with Gasteiger partial charge < -0.3 is 10.1 Å². The molecule has 1 saturated heterocycles. The molecule has 0 radical (unpaired) electrons. The van der Waals surface area contributed by atoms with Gasteiger partial charge in [0.1, 0.15) is 0 Å². The zero-order chi connectivity index (χ0) is 15.6. The lowest BCUT2D eigenvalue weighted by molar-refractivity contribution is -0.0522. The van der Waals surface area contributed by atoms with Gasteiger partial charge >= 0.3 is 6.61 Å². The molecule has 0 amide bonds. The average molecular weight is 324 g/mol. The van der Waals surface area contributed by atoms with E-state index in [0.29, 0.717) is 19.2 Å². The molecule has 1 aliphatic rings. The fourth-order valence-corrected chi connectivity index (χ4v) is 3.79. The molecule has 118 valence electrons. The Balaban J connectivity index is 2.30. The second-order valence-corrected chi connectivity index (χ2v) is 6.53. The number of rotatable bonds is 4. The van der Waals surface area contributed by atoms with Gasteiger partial charge in [-0.05, 0) is 25.1 Å². The number of nitrogens with zero attached hydrogens (tertiary/aromatic N) is 1. The molecule has 5 nitrogen and oxygen atoms in total. The van der Waals surface area contributed by atoms with Crippen LogP contribution in [0.1, 0.15) is 6.92 Å². The van der Waals surface area contributed by atoms with Crippen LogP contribution in [0.4, 0.5) is 13.2 Å². The Morgan fingerprint density at radius 2 is 2.14 bits per heavy atom. The van der Waals surface area contributed by atoms with Crippen molar-refractivity contribution in [1.29, 1.82) is 0 Å². The van der Waals surface area contributed by atoms with E-state index in [0.717, 1.165) is 12.1 Å². The molecule has 1 N–H and O–H groups in total. The monoisotopic (exact) mass is 324 g/mol. The normalized spacial score (nSPS) is 20.7. The SMILES string of the molecule is C[C@H]1CNCCN1S(=O)(=O)c1ccc(OC(F)F)c(F)c1. The molecule has 2 rings (SSSR count). The first-order chi connectivity index (χ1) is 9.82. The lowest BCUT2D eigenvalue weighted by atomic mass is 10.3. The predicted molar refractivity (Wildman–Crippen MR) is 69.3 cm³/mol. The van der Waals surface area contributed by atoms with E-state index in [2.05, 4.69) is 10.1 Å². The summed E-state index contributed by atoms with van der Waals surface area (Å²) in [5.74, 6) is -1.82. The van der Waals surface area contributed by atoms with E-state index in [1.807, 2.05) is 0 Å². The number of nitrogens with one attached hydrogen (secondary N) is 1. The van der Waals surface area contributed by atoms with Crippen molar-refractivity contribution in [1.82, 2.24) is 9.62 Å². The first-order valence-electron chi connectivity index (χ1n) is 6.29. The van der Waals surface area contributed by atoms with Gasteiger partial charge in [-0.25, -0.2) is 12.8 Å². The van der Waals surface area contributed by atoms with E-state index in [1.165, 1.54) is 4.31 Å². The summed E-state index contributed by atoms with van der Waals surface area (Å²) in [5, 5.41) is 3.05. The Morgan fingerprint density at radius 3 is 2.71 bits per heavy atom. The van der Waals surface area contributed by atoms with Crippen LogP contribution in [0.2, 0.25) is 0 Å². The topological polar surface area (TPSA) is 58.6 Å². The standard InChI is InChI=1S/C12H15F3N2O3S/c1-8-7-16-4-5-17(8)21(18,19)9-2-3-11(10(13)6-9)20-12(14)15/h2-3,6,8,12,16H,4-5,7H2,1H3/t8-/m0/s1. The Labute approximate surface area is 120 Å². The Hall–Kier alpha value is -1.32. The number of hydrogen-bond donors (Lipinski definition) is 1. The maximum Gasteiger partial charge on any atom is 0.387 e. The minimum atomic E-state index is -3.87. The zero-order valence-corrected chi connectivity index (χ0v) is 12.0. The molecule has 1 atom stereocenters. The van der Waals surface area contributed by atoms with Crippen LogP contribution in [0.25, 0.3) is 0 Å². The van der Waals surface area contributed by atoms with E-state index in [9.17, 15) is 21.6 Å². The van der Waals surface area contributed by atoms with Gasteiger partial charge in [0.25, 0.3) is 0 Å². The van der Waals surface area contributed by atoms with Gasteiger partial charge in [-0.2, -0.15) is 13.1 Å². The molecular weight excluding hydrogens is 309 g/mol. The molecular formula is C12H15F3N2O3S. The fourth-order valence-electron chi connectivity index (χ4n) is 2.15. The maximum absolute atomic E-state index is 13.7. The number of benzene rings is 1. The highest BCUT2D eigenvalue weighted by Crippen LogP contribution is 2.25. The highest BCUT2D eigenvalue weighted by Gasteiger charge is 2.31. The zero-order valence-electron chi connectivity index (χ0n) is 11.2. The Morgan fingerprint density at radius 1 is 1.43 bits per heavy atom. The third kappa shape index (κ3) is 3.47. The molecule has 0 bridgehead atoms. The molecule has 1 aromatic rings. The molecule has 0 aromatic heterocycles. The number of halogens is 3. The second-order valence-electron chi connectivity index (χ2n) is 4.64. The van der Waals surface area contributed by atoms with Crippen molar-refractivity contribution in [3.8, 4) is 5.75 Å². The summed E-state index contributed by atoms with van der Waals surface area (Å²) in [6.45, 7) is -0.183. The number of piperazine rings is 1. The molecule has 1 aromatic carbocycles. The van der Waals surface area contributed by atoms with Gasteiger partial charge in [0.15, 0.2) is 11.6 Å². The quantitative estimate of drug-likeness (QED) is 0.910. The van der Waals surface area contributed by atoms with Crippen LogP contribution in [-0.4, -0.2) is 45.0 Å². The smallest absolute Gasteiger partial charge is 0.387 e. The summed E-state index contributed by atoms with van der Waals surface area (Å²) in [6.07, 6.45) is 0. The number of sulfonamides is 1. The minimum Gasteiger partial charge on any atom is -0.432 e. The molecule has 21 heavy (non-hydrogen) atoms. The van der Waals surface area contributed by atoms with Gasteiger partial charge in [-0.15, -0.1) is 0 Å². The van der Waals surface area contributed by atoms with Crippen LogP contribution >= 0.6 is 0 Å². The largest absolute Gasteiger partial charge is 0.432 e. The van der Waals surface area contributed by atoms with Crippen molar-refractivity contribution >= 4 is 10.0 Å². The van der Waals surface area contributed by atoms with Crippen LogP contribution in [0.3, 0.4) is 0 Å². The summed E-state index contributed by atoms with van der Waals surface area (Å²) >= 11 is 0. The van der Waals surface area contributed by atoms with Crippen molar-refractivity contribution in [3.63, 3.8) is 0 Å². The van der Waals surface area contributed by atoms with Crippen LogP contribution < -0.4 is 10.1 Å². The van der Waals surface area contributed by atoms with E-state index in [1.54, 1.807) is 6.92 Å². The predicted octanol–water partition coefficient (Wildman–Crippen LogP) is 1.41. The molecule has 0 saturated carbocycles. The minimum absolute atomic E-state index is 0.264. The molecule has 0 unspecified atom stereocenters. The first-order valence-corrected chi connectivity index (χ1v) is 7.73. The number of alkyl halides is 2. The second kappa shape index (κ2) is 6.20. The van der Waals surface area contributed by atoms with Crippen LogP contribution in [0, 0.1) is 5.82 Å². The van der Waals surface area contributed by atoms with Gasteiger partial charge in [-0.3, -0.25) is 0 Å². The van der Waals surface area contributed by atoms with Gasteiger partial charge in [0.2, 0.25) is 10.0 Å². The average Bonchev–Trinajstić information content (AvgIpc) is 2.40. The third-order valence-corrected chi connectivity index (χ3v) is 5.18. The van der Waals surface area contributed by atoms with Crippen molar-refractivity contribution in [2.24, 2.45) is 0 Å². The summed E-state index contributed by atoms with van der Waals surface area (Å²) < 4.78 is 67.8. The molecule has 1 fully saturated rings. The highest BCUT2D eigenvalue weighted by molar-refractivity contribution is 7.89. The fraction of sp³-hybridized carbons (Fsp3) is 0.500. The summed E-state index contributed by atoms with van der Waals surface area (Å²) in [5.41, 5.74) is 0. The Kier molecular flexibility index (Phi) is 4.74. The molecule has 0 aliphatic carbocycles.